The van der Waals surface area contributed by atoms with Crippen LogP contribution in [0.1, 0.15) is 68.1 Å². The monoisotopic (exact) mass is 718 g/mol. The van der Waals surface area contributed by atoms with E-state index in [1.54, 1.807) is 35.0 Å². The summed E-state index contributed by atoms with van der Waals surface area (Å²) in [6, 6.07) is 5.16. The number of methoxy groups -OCH3 is 1. The van der Waals surface area contributed by atoms with E-state index in [0.717, 1.165) is 12.5 Å². The minimum absolute atomic E-state index is 0.0151. The summed E-state index contributed by atoms with van der Waals surface area (Å²) < 4.78 is 28.1. The van der Waals surface area contributed by atoms with Crippen molar-refractivity contribution in [1.82, 2.24) is 19.8 Å². The highest BCUT2D eigenvalue weighted by atomic mass is 35.5. The van der Waals surface area contributed by atoms with E-state index in [1.165, 1.54) is 64.7 Å². The number of hydrogen-bond acceptors (Lipinski definition) is 11. The molecule has 2 N–H and O–H groups in total. The molecule has 1 aliphatic carbocycles. The first kappa shape index (κ1) is 39.6. The Morgan fingerprint density at radius 1 is 0.840 bits per heavy atom. The van der Waals surface area contributed by atoms with Crippen LogP contribution in [0.4, 0.5) is 17.5 Å². The van der Waals surface area contributed by atoms with E-state index < -0.39 is 0 Å². The van der Waals surface area contributed by atoms with Gasteiger partial charge in [0.2, 0.25) is 11.9 Å². The molecule has 13 nitrogen and oxygen atoms in total. The molecule has 1 saturated heterocycles. The van der Waals surface area contributed by atoms with Crippen molar-refractivity contribution >= 4 is 40.9 Å². The first-order chi connectivity index (χ1) is 24.5. The number of benzene rings is 1. The third-order valence-corrected chi connectivity index (χ3v) is 9.34. The highest BCUT2D eigenvalue weighted by Crippen LogP contribution is 2.30. The van der Waals surface area contributed by atoms with Gasteiger partial charge in [0.25, 0.3) is 5.91 Å². The molecule has 0 bridgehead atoms. The van der Waals surface area contributed by atoms with Crippen LogP contribution in [0.3, 0.4) is 0 Å². The van der Waals surface area contributed by atoms with Crippen molar-refractivity contribution in [3.05, 3.63) is 35.0 Å². The summed E-state index contributed by atoms with van der Waals surface area (Å²) in [6.07, 6.45) is 12.6. The zero-order valence-corrected chi connectivity index (χ0v) is 30.5. The molecule has 1 saturated carbocycles. The standard InChI is InChI=1S/C36H55ClN6O7/c1-38-34-30(37)27-39-36(41-34)40-31-11-10-29(26-32(31)46-2)35(45)43-16-14-42(15-17-43)33(44)13-19-48-21-23-50-25-24-49-22-20-47-18-12-28-8-6-4-3-5-7-9-28/h10-11,26-28H,3-9,12-25H2,1-2H3,(H2,38,39,40,41). The zero-order valence-electron chi connectivity index (χ0n) is 29.8. The molecule has 0 atom stereocenters. The fraction of sp³-hybridized carbons (Fsp3) is 0.667. The molecule has 0 spiro atoms. The third-order valence-electron chi connectivity index (χ3n) is 9.07. The number of piperazine rings is 1. The van der Waals surface area contributed by atoms with Gasteiger partial charge in [-0.25, -0.2) is 4.98 Å². The number of carbonyl (C=O) groups is 2. The van der Waals surface area contributed by atoms with E-state index in [0.29, 0.717) is 106 Å². The Kier molecular flexibility index (Phi) is 17.8. The van der Waals surface area contributed by atoms with Crippen molar-refractivity contribution < 1.29 is 33.3 Å². The van der Waals surface area contributed by atoms with E-state index in [9.17, 15) is 9.59 Å². The summed E-state index contributed by atoms with van der Waals surface area (Å²) in [6.45, 7) is 6.07. The summed E-state index contributed by atoms with van der Waals surface area (Å²) in [5.41, 5.74) is 1.09. The van der Waals surface area contributed by atoms with Crippen LogP contribution in [0.25, 0.3) is 0 Å². The van der Waals surface area contributed by atoms with Crippen molar-refractivity contribution in [2.75, 3.05) is 104 Å². The third kappa shape index (κ3) is 13.5. The quantitative estimate of drug-likeness (QED) is 0.170. The van der Waals surface area contributed by atoms with Crippen LogP contribution in [0.2, 0.25) is 5.02 Å². The molecule has 4 rings (SSSR count). The molecule has 278 valence electrons. The van der Waals surface area contributed by atoms with E-state index in [4.69, 9.17) is 35.3 Å². The molecule has 2 aromatic rings. The maximum absolute atomic E-state index is 13.3. The average molecular weight is 719 g/mol. The topological polar surface area (TPSA) is 137 Å². The molecular formula is C36H55ClN6O7. The highest BCUT2D eigenvalue weighted by molar-refractivity contribution is 6.32. The minimum Gasteiger partial charge on any atom is -0.495 e. The van der Waals surface area contributed by atoms with Crippen LogP contribution in [-0.4, -0.2) is 125 Å². The lowest BCUT2D eigenvalue weighted by Gasteiger charge is -2.35. The second-order valence-electron chi connectivity index (χ2n) is 12.6. The van der Waals surface area contributed by atoms with Gasteiger partial charge in [0.15, 0.2) is 0 Å². The van der Waals surface area contributed by atoms with Crippen LogP contribution >= 0.6 is 11.6 Å². The number of amides is 2. The van der Waals surface area contributed by atoms with Crippen LogP contribution in [-0.2, 0) is 23.7 Å². The van der Waals surface area contributed by atoms with Gasteiger partial charge in [0, 0.05) is 45.4 Å². The Morgan fingerprint density at radius 3 is 2.08 bits per heavy atom. The zero-order chi connectivity index (χ0) is 35.4. The van der Waals surface area contributed by atoms with Gasteiger partial charge in [-0.15, -0.1) is 0 Å². The van der Waals surface area contributed by atoms with Gasteiger partial charge in [-0.1, -0.05) is 56.5 Å². The van der Waals surface area contributed by atoms with E-state index >= 15 is 0 Å². The van der Waals surface area contributed by atoms with Crippen LogP contribution < -0.4 is 15.4 Å². The number of ether oxygens (including phenoxy) is 5. The summed E-state index contributed by atoms with van der Waals surface area (Å²) in [5, 5.41) is 6.42. The Morgan fingerprint density at radius 2 is 1.44 bits per heavy atom. The fourth-order valence-electron chi connectivity index (χ4n) is 6.15. The molecule has 1 aromatic carbocycles. The van der Waals surface area contributed by atoms with Crippen molar-refractivity contribution in [3.8, 4) is 5.75 Å². The van der Waals surface area contributed by atoms with E-state index in [1.807, 2.05) is 0 Å². The number of halogens is 1. The van der Waals surface area contributed by atoms with Crippen LogP contribution in [0.15, 0.2) is 24.4 Å². The second kappa shape index (κ2) is 22.6. The Labute approximate surface area is 301 Å². The lowest BCUT2D eigenvalue weighted by atomic mass is 9.89. The molecule has 0 unspecified atom stereocenters. The molecule has 14 heteroatoms. The molecule has 2 heterocycles. The normalized spacial score (nSPS) is 15.7. The number of nitrogens with one attached hydrogen (secondary N) is 2. The summed E-state index contributed by atoms with van der Waals surface area (Å²) in [7, 11) is 3.25. The largest absolute Gasteiger partial charge is 0.495 e. The summed E-state index contributed by atoms with van der Waals surface area (Å²) in [5.74, 6) is 2.01. The van der Waals surface area contributed by atoms with Crippen molar-refractivity contribution in [2.24, 2.45) is 5.92 Å². The number of hydrogen-bond donors (Lipinski definition) is 2. The molecule has 2 amide bonds. The SMILES string of the molecule is CNc1nc(Nc2ccc(C(=O)N3CCN(C(=O)CCOCCOCCOCCOCCC4CCCCCCC4)CC3)cc2OC)ncc1Cl. The van der Waals surface area contributed by atoms with E-state index in [2.05, 4.69) is 20.6 Å². The number of carbonyl (C=O) groups excluding carboxylic acids is 2. The Hall–Kier alpha value is -3.23. The number of anilines is 3. The summed E-state index contributed by atoms with van der Waals surface area (Å²) in [4.78, 5) is 38.0. The average Bonchev–Trinajstić information content (AvgIpc) is 3.13. The predicted octanol–water partition coefficient (Wildman–Crippen LogP) is 5.42. The first-order valence-electron chi connectivity index (χ1n) is 18.0. The van der Waals surface area contributed by atoms with Crippen molar-refractivity contribution in [2.45, 2.75) is 57.8 Å². The van der Waals surface area contributed by atoms with Gasteiger partial charge in [-0.05, 0) is 30.5 Å². The molecule has 0 radical (unpaired) electrons. The lowest BCUT2D eigenvalue weighted by molar-refractivity contribution is -0.134. The van der Waals surface area contributed by atoms with Crippen molar-refractivity contribution in [1.29, 1.82) is 0 Å². The number of nitrogens with zero attached hydrogens (tertiary/aromatic N) is 4. The smallest absolute Gasteiger partial charge is 0.254 e. The maximum Gasteiger partial charge on any atom is 0.254 e. The first-order valence-corrected chi connectivity index (χ1v) is 18.4. The molecule has 1 aliphatic heterocycles. The fourth-order valence-corrected chi connectivity index (χ4v) is 6.34. The van der Waals surface area contributed by atoms with Crippen LogP contribution in [0, 0.1) is 5.92 Å². The highest BCUT2D eigenvalue weighted by Gasteiger charge is 2.25. The van der Waals surface area contributed by atoms with E-state index in [-0.39, 0.29) is 18.2 Å². The molecular weight excluding hydrogens is 664 g/mol. The molecule has 50 heavy (non-hydrogen) atoms. The van der Waals surface area contributed by atoms with Gasteiger partial charge in [0.1, 0.15) is 16.6 Å². The number of rotatable bonds is 20. The van der Waals surface area contributed by atoms with Gasteiger partial charge < -0.3 is 44.1 Å². The Balaban J connectivity index is 1.01. The van der Waals surface area contributed by atoms with Gasteiger partial charge in [-0.2, -0.15) is 4.98 Å². The molecule has 2 fully saturated rings. The van der Waals surface area contributed by atoms with Crippen molar-refractivity contribution in [3.63, 3.8) is 0 Å². The predicted molar refractivity (Wildman–Crippen MR) is 194 cm³/mol. The van der Waals surface area contributed by atoms with Gasteiger partial charge in [-0.3, -0.25) is 9.59 Å². The summed E-state index contributed by atoms with van der Waals surface area (Å²) >= 11 is 6.08. The second-order valence-corrected chi connectivity index (χ2v) is 13.0. The molecule has 1 aromatic heterocycles. The molecule has 2 aliphatic rings. The Bertz CT molecular complexity index is 1310. The van der Waals surface area contributed by atoms with Gasteiger partial charge >= 0.3 is 0 Å². The lowest BCUT2D eigenvalue weighted by Crippen LogP contribution is -2.50. The maximum atomic E-state index is 13.3. The minimum atomic E-state index is -0.125. The van der Waals surface area contributed by atoms with Crippen LogP contribution in [0.5, 0.6) is 5.75 Å². The van der Waals surface area contributed by atoms with Gasteiger partial charge in [0.05, 0.1) is 71.7 Å². The number of aromatic nitrogens is 2.